The molecule has 2 rings (SSSR count). The number of nitrogens with one attached hydrogen (secondary N) is 1. The standard InChI is InChI=1S/C17H18FNO3/c1-11-8-12(4-7-15(11)18)10-19-17(20)14-6-5-13(21-2)9-16(14)22-3/h4-9H,10H2,1-3H3,(H,19,20). The lowest BCUT2D eigenvalue weighted by molar-refractivity contribution is 0.0948. The molecule has 116 valence electrons. The van der Waals surface area contributed by atoms with Crippen LogP contribution in [0.25, 0.3) is 0 Å². The molecule has 2 aromatic carbocycles. The highest BCUT2D eigenvalue weighted by atomic mass is 19.1. The molecule has 0 fully saturated rings. The van der Waals surface area contributed by atoms with E-state index in [0.29, 0.717) is 29.2 Å². The van der Waals surface area contributed by atoms with Crippen LogP contribution in [0.5, 0.6) is 11.5 Å². The SMILES string of the molecule is COc1ccc(C(=O)NCc2ccc(F)c(C)c2)c(OC)c1. The minimum absolute atomic E-state index is 0.257. The number of carbonyl (C=O) groups is 1. The monoisotopic (exact) mass is 303 g/mol. The largest absolute Gasteiger partial charge is 0.497 e. The van der Waals surface area contributed by atoms with Crippen LogP contribution in [0.3, 0.4) is 0 Å². The number of carbonyl (C=O) groups excluding carboxylic acids is 1. The van der Waals surface area contributed by atoms with Gasteiger partial charge in [-0.2, -0.15) is 0 Å². The molecule has 0 aliphatic carbocycles. The molecule has 1 amide bonds. The topological polar surface area (TPSA) is 47.6 Å². The van der Waals surface area contributed by atoms with Crippen molar-refractivity contribution in [1.29, 1.82) is 0 Å². The molecule has 2 aromatic rings. The van der Waals surface area contributed by atoms with Crippen molar-refractivity contribution < 1.29 is 18.7 Å². The maximum absolute atomic E-state index is 13.2. The van der Waals surface area contributed by atoms with Gasteiger partial charge in [0.05, 0.1) is 19.8 Å². The zero-order valence-corrected chi connectivity index (χ0v) is 12.8. The summed E-state index contributed by atoms with van der Waals surface area (Å²) < 4.78 is 23.5. The Morgan fingerprint density at radius 3 is 2.55 bits per heavy atom. The first-order chi connectivity index (χ1) is 10.5. The Hall–Kier alpha value is -2.56. The number of ether oxygens (including phenoxy) is 2. The number of amides is 1. The van der Waals surface area contributed by atoms with Crippen molar-refractivity contribution in [1.82, 2.24) is 5.32 Å². The van der Waals surface area contributed by atoms with E-state index in [1.54, 1.807) is 44.4 Å². The van der Waals surface area contributed by atoms with Crippen molar-refractivity contribution >= 4 is 5.91 Å². The van der Waals surface area contributed by atoms with Gasteiger partial charge in [-0.05, 0) is 36.2 Å². The average Bonchev–Trinajstić information content (AvgIpc) is 2.54. The summed E-state index contributed by atoms with van der Waals surface area (Å²) in [5.41, 5.74) is 1.80. The van der Waals surface area contributed by atoms with Crippen LogP contribution < -0.4 is 14.8 Å². The minimum atomic E-state index is -0.263. The molecule has 0 heterocycles. The Morgan fingerprint density at radius 2 is 1.91 bits per heavy atom. The van der Waals surface area contributed by atoms with Gasteiger partial charge >= 0.3 is 0 Å². The molecule has 0 radical (unpaired) electrons. The fourth-order valence-corrected chi connectivity index (χ4v) is 2.08. The van der Waals surface area contributed by atoms with Crippen molar-refractivity contribution in [2.24, 2.45) is 0 Å². The molecule has 0 aromatic heterocycles. The second-order valence-electron chi connectivity index (χ2n) is 4.83. The highest BCUT2D eigenvalue weighted by molar-refractivity contribution is 5.97. The zero-order valence-electron chi connectivity index (χ0n) is 12.8. The van der Waals surface area contributed by atoms with Gasteiger partial charge in [0.25, 0.3) is 5.91 Å². The van der Waals surface area contributed by atoms with Gasteiger partial charge in [0.15, 0.2) is 0 Å². The number of methoxy groups -OCH3 is 2. The Balaban J connectivity index is 2.10. The molecule has 1 N–H and O–H groups in total. The average molecular weight is 303 g/mol. The highest BCUT2D eigenvalue weighted by Crippen LogP contribution is 2.24. The van der Waals surface area contributed by atoms with Crippen molar-refractivity contribution in [3.8, 4) is 11.5 Å². The van der Waals surface area contributed by atoms with E-state index >= 15 is 0 Å². The molecule has 0 aliphatic rings. The normalized spacial score (nSPS) is 10.2. The van der Waals surface area contributed by atoms with Crippen LogP contribution in [0.1, 0.15) is 21.5 Å². The first-order valence-electron chi connectivity index (χ1n) is 6.80. The zero-order chi connectivity index (χ0) is 16.1. The summed E-state index contributed by atoms with van der Waals surface area (Å²) in [5, 5.41) is 2.79. The summed E-state index contributed by atoms with van der Waals surface area (Å²) in [6, 6.07) is 9.73. The van der Waals surface area contributed by atoms with Crippen LogP contribution in [0.2, 0.25) is 0 Å². The summed E-state index contributed by atoms with van der Waals surface area (Å²) in [5.74, 6) is 0.531. The van der Waals surface area contributed by atoms with E-state index in [9.17, 15) is 9.18 Å². The predicted molar refractivity (Wildman–Crippen MR) is 81.9 cm³/mol. The van der Waals surface area contributed by atoms with Gasteiger partial charge in [-0.1, -0.05) is 12.1 Å². The lowest BCUT2D eigenvalue weighted by atomic mass is 10.1. The van der Waals surface area contributed by atoms with E-state index < -0.39 is 0 Å². The van der Waals surface area contributed by atoms with Gasteiger partial charge in [0, 0.05) is 12.6 Å². The third-order valence-corrected chi connectivity index (χ3v) is 3.33. The number of aryl methyl sites for hydroxylation is 1. The molecule has 0 aliphatic heterocycles. The van der Waals surface area contributed by atoms with E-state index in [2.05, 4.69) is 5.32 Å². The number of halogens is 1. The molecular weight excluding hydrogens is 285 g/mol. The van der Waals surface area contributed by atoms with Gasteiger partial charge in [0.2, 0.25) is 0 Å². The Kier molecular flexibility index (Phi) is 4.99. The lowest BCUT2D eigenvalue weighted by Gasteiger charge is -2.11. The Bertz CT molecular complexity index is 686. The summed E-state index contributed by atoms with van der Waals surface area (Å²) in [7, 11) is 3.04. The summed E-state index contributed by atoms with van der Waals surface area (Å²) >= 11 is 0. The molecule has 22 heavy (non-hydrogen) atoms. The van der Waals surface area contributed by atoms with Gasteiger partial charge in [-0.25, -0.2) is 4.39 Å². The highest BCUT2D eigenvalue weighted by Gasteiger charge is 2.13. The maximum atomic E-state index is 13.2. The molecule has 0 atom stereocenters. The number of rotatable bonds is 5. The van der Waals surface area contributed by atoms with Crippen molar-refractivity contribution in [2.75, 3.05) is 14.2 Å². The van der Waals surface area contributed by atoms with Crippen molar-refractivity contribution in [3.05, 3.63) is 58.9 Å². The Labute approximate surface area is 128 Å². The lowest BCUT2D eigenvalue weighted by Crippen LogP contribution is -2.23. The maximum Gasteiger partial charge on any atom is 0.255 e. The third-order valence-electron chi connectivity index (χ3n) is 3.33. The fourth-order valence-electron chi connectivity index (χ4n) is 2.08. The number of hydrogen-bond donors (Lipinski definition) is 1. The second-order valence-corrected chi connectivity index (χ2v) is 4.83. The van der Waals surface area contributed by atoms with Crippen LogP contribution in [0, 0.1) is 12.7 Å². The minimum Gasteiger partial charge on any atom is -0.497 e. The molecule has 4 nitrogen and oxygen atoms in total. The van der Waals surface area contributed by atoms with E-state index in [4.69, 9.17) is 9.47 Å². The van der Waals surface area contributed by atoms with Gasteiger partial charge in [-0.3, -0.25) is 4.79 Å². The van der Waals surface area contributed by atoms with Crippen molar-refractivity contribution in [2.45, 2.75) is 13.5 Å². The van der Waals surface area contributed by atoms with E-state index in [0.717, 1.165) is 5.56 Å². The van der Waals surface area contributed by atoms with Crippen LogP contribution in [-0.2, 0) is 6.54 Å². The fraction of sp³-hybridized carbons (Fsp3) is 0.235. The second kappa shape index (κ2) is 6.93. The van der Waals surface area contributed by atoms with Crippen LogP contribution in [-0.4, -0.2) is 20.1 Å². The van der Waals surface area contributed by atoms with Gasteiger partial charge in [-0.15, -0.1) is 0 Å². The molecule has 0 saturated heterocycles. The van der Waals surface area contributed by atoms with Crippen LogP contribution >= 0.6 is 0 Å². The first-order valence-corrected chi connectivity index (χ1v) is 6.80. The molecule has 5 heteroatoms. The van der Waals surface area contributed by atoms with E-state index in [1.165, 1.54) is 13.2 Å². The first kappa shape index (κ1) is 15.8. The van der Waals surface area contributed by atoms with E-state index in [1.807, 2.05) is 0 Å². The third kappa shape index (κ3) is 3.55. The Morgan fingerprint density at radius 1 is 1.14 bits per heavy atom. The summed E-state index contributed by atoms with van der Waals surface area (Å²) in [6.45, 7) is 2.00. The summed E-state index contributed by atoms with van der Waals surface area (Å²) in [6.07, 6.45) is 0. The quantitative estimate of drug-likeness (QED) is 0.923. The van der Waals surface area contributed by atoms with Gasteiger partial charge in [0.1, 0.15) is 17.3 Å². The molecule has 0 saturated carbocycles. The molecule has 0 bridgehead atoms. The molecule has 0 spiro atoms. The molecular formula is C17H18FNO3. The molecule has 0 unspecified atom stereocenters. The number of benzene rings is 2. The van der Waals surface area contributed by atoms with Crippen LogP contribution in [0.4, 0.5) is 4.39 Å². The van der Waals surface area contributed by atoms with Crippen molar-refractivity contribution in [3.63, 3.8) is 0 Å². The van der Waals surface area contributed by atoms with Crippen LogP contribution in [0.15, 0.2) is 36.4 Å². The number of hydrogen-bond acceptors (Lipinski definition) is 3. The predicted octanol–water partition coefficient (Wildman–Crippen LogP) is 3.08. The smallest absolute Gasteiger partial charge is 0.255 e. The van der Waals surface area contributed by atoms with E-state index in [-0.39, 0.29) is 11.7 Å². The van der Waals surface area contributed by atoms with Gasteiger partial charge < -0.3 is 14.8 Å². The summed E-state index contributed by atoms with van der Waals surface area (Å²) in [4.78, 5) is 12.2.